The van der Waals surface area contributed by atoms with E-state index in [1.165, 1.54) is 0 Å². The van der Waals surface area contributed by atoms with Gasteiger partial charge in [0.25, 0.3) is 0 Å². The van der Waals surface area contributed by atoms with Gasteiger partial charge in [0.15, 0.2) is 0 Å². The third kappa shape index (κ3) is 555. The lowest BCUT2D eigenvalue weighted by atomic mass is 9.58. The Bertz CT molecular complexity index is 8.00. The smallest absolute Gasteiger partial charge is 0.0698 e. The molecule has 0 N–H and O–H groups in total. The highest BCUT2D eigenvalue weighted by Crippen LogP contribution is 1.60. The van der Waals surface area contributed by atoms with Crippen molar-refractivity contribution in [1.29, 1.82) is 0 Å². The van der Waals surface area contributed by atoms with Gasteiger partial charge in [-0.2, -0.15) is 0 Å². The summed E-state index contributed by atoms with van der Waals surface area (Å²) in [4.78, 5) is 0. The average molecular weight is 49.9 g/mol. The van der Waals surface area contributed by atoms with E-state index in [0.717, 1.165) is 0 Å². The van der Waals surface area contributed by atoms with E-state index in [2.05, 4.69) is 20.5 Å². The molecule has 6 radical (unpaired) electrons. The zero-order chi connectivity index (χ0) is 3.58. The van der Waals surface area contributed by atoms with Crippen LogP contribution in [0.25, 0.3) is 0 Å². The molecule has 0 spiro atoms. The molecule has 0 saturated carbocycles. The van der Waals surface area contributed by atoms with Crippen molar-refractivity contribution in [2.45, 2.75) is 0 Å². The molecule has 1 heteroatoms. The number of rotatable bonds is 0. The quantitative estimate of drug-likeness (QED) is 0.345. The summed E-state index contributed by atoms with van der Waals surface area (Å²) in [5.41, 5.74) is 0. The average Bonchev–Trinajstić information content (AvgIpc) is 0.811. The van der Waals surface area contributed by atoms with Crippen LogP contribution in [0, 0.1) is 20.5 Å². The van der Waals surface area contributed by atoms with Crippen molar-refractivity contribution in [2.24, 2.45) is 0 Å². The van der Waals surface area contributed by atoms with Crippen LogP contribution in [0.15, 0.2) is 0 Å². The minimum absolute atomic E-state index is 0.667. The van der Waals surface area contributed by atoms with Crippen LogP contribution in [0.5, 0.6) is 0 Å². The highest BCUT2D eigenvalue weighted by molar-refractivity contribution is 6.64. The van der Waals surface area contributed by atoms with E-state index in [1.54, 1.807) is 0 Å². The molecule has 0 aromatic heterocycles. The predicted octanol–water partition coefficient (Wildman–Crippen LogP) is 0.232. The summed E-state index contributed by atoms with van der Waals surface area (Å²) in [6.45, 7) is 13.3. The Labute approximate surface area is 28.3 Å². The summed E-state index contributed by atoms with van der Waals surface area (Å²) in [5.74, 6) is 0. The van der Waals surface area contributed by atoms with Gasteiger partial charge in [-0.25, -0.2) is 0 Å². The first-order valence-electron chi connectivity index (χ1n) is 1.00. The lowest BCUT2D eigenvalue weighted by Gasteiger charge is -1.70. The van der Waals surface area contributed by atoms with Gasteiger partial charge in [-0.1, -0.05) is 20.5 Å². The SMILES string of the molecule is [CH]B([CH])[CH]. The maximum Gasteiger partial charge on any atom is 0.147 e. The monoisotopic (exact) mass is 50.0 g/mol. The lowest BCUT2D eigenvalue weighted by Crippen LogP contribution is -1.90. The van der Waals surface area contributed by atoms with Gasteiger partial charge in [-0.05, 0) is 0 Å². The maximum atomic E-state index is 4.67. The fourth-order valence-corrected chi connectivity index (χ4v) is 0. The van der Waals surface area contributed by atoms with E-state index in [0.29, 0.717) is 0 Å². The summed E-state index contributed by atoms with van der Waals surface area (Å²) < 4.78 is 0. The lowest BCUT2D eigenvalue weighted by molar-refractivity contribution is 2.36. The second-order valence-electron chi connectivity index (χ2n) is 0.577. The van der Waals surface area contributed by atoms with Crippen molar-refractivity contribution >= 4 is 6.71 Å². The second-order valence-corrected chi connectivity index (χ2v) is 0.577. The Hall–Kier alpha value is 0.0649. The molecule has 0 aromatic carbocycles. The summed E-state index contributed by atoms with van der Waals surface area (Å²) in [6.07, 6.45) is 0. The minimum atomic E-state index is -0.667. The molecule has 0 nitrogen and oxygen atoms in total. The normalized spacial score (nSPS) is 6.75. The van der Waals surface area contributed by atoms with E-state index in [9.17, 15) is 0 Å². The van der Waals surface area contributed by atoms with E-state index in [1.807, 2.05) is 0 Å². The van der Waals surface area contributed by atoms with Gasteiger partial charge in [-0.15, -0.1) is 0 Å². The Morgan fingerprint density at radius 2 is 1.00 bits per heavy atom. The fourth-order valence-electron chi connectivity index (χ4n) is 0. The summed E-state index contributed by atoms with van der Waals surface area (Å²) in [5, 5.41) is 0. The van der Waals surface area contributed by atoms with Crippen molar-refractivity contribution in [2.75, 3.05) is 0 Å². The van der Waals surface area contributed by atoms with Gasteiger partial charge in [0.05, 0.1) is 0 Å². The molecule has 18 valence electrons. The van der Waals surface area contributed by atoms with Gasteiger partial charge < -0.3 is 0 Å². The molecule has 0 atom stereocenters. The summed E-state index contributed by atoms with van der Waals surface area (Å²) in [6, 6.07) is 0. The summed E-state index contributed by atoms with van der Waals surface area (Å²) >= 11 is 0. The highest BCUT2D eigenvalue weighted by Gasteiger charge is 1.77. The summed E-state index contributed by atoms with van der Waals surface area (Å²) in [7, 11) is 0. The number of hydrogen-bond donors (Lipinski definition) is 0. The molecule has 0 aliphatic rings. The van der Waals surface area contributed by atoms with Crippen molar-refractivity contribution < 1.29 is 0 Å². The first-order chi connectivity index (χ1) is 1.73. The van der Waals surface area contributed by atoms with E-state index < -0.39 is 6.71 Å². The molecule has 0 heterocycles. The van der Waals surface area contributed by atoms with Crippen LogP contribution >= 0.6 is 0 Å². The molecule has 0 aromatic rings. The molecule has 0 fully saturated rings. The first kappa shape index (κ1) is 4.06. The Kier molecular flexibility index (Phi) is 1.41. The van der Waals surface area contributed by atoms with Crippen LogP contribution in [0.4, 0.5) is 0 Å². The number of hydrogen-bond acceptors (Lipinski definition) is 0. The molecule has 0 rings (SSSR count). The van der Waals surface area contributed by atoms with Gasteiger partial charge in [0.2, 0.25) is 0 Å². The largest absolute Gasteiger partial charge is 0.147 e. The van der Waals surface area contributed by atoms with E-state index >= 15 is 0 Å². The van der Waals surface area contributed by atoms with Crippen molar-refractivity contribution in [1.82, 2.24) is 0 Å². The first-order valence-corrected chi connectivity index (χ1v) is 1.00. The Morgan fingerprint density at radius 3 is 1.00 bits per heavy atom. The zero-order valence-corrected chi connectivity index (χ0v) is 2.31. The van der Waals surface area contributed by atoms with Gasteiger partial charge in [0.1, 0.15) is 6.71 Å². The van der Waals surface area contributed by atoms with Crippen molar-refractivity contribution in [3.05, 3.63) is 20.5 Å². The molecule has 0 amide bonds. The molecular weight excluding hydrogens is 46.8 g/mol. The fraction of sp³-hybridized carbons (Fsp3) is 0. The Morgan fingerprint density at radius 1 is 1.00 bits per heavy atom. The third-order valence-electron chi connectivity index (χ3n) is 0. The molecule has 0 aliphatic heterocycles. The maximum absolute atomic E-state index is 4.67. The third-order valence-corrected chi connectivity index (χ3v) is 0. The van der Waals surface area contributed by atoms with Crippen LogP contribution in [0.3, 0.4) is 0 Å². The Balaban J connectivity index is 2.32. The van der Waals surface area contributed by atoms with Crippen LogP contribution < -0.4 is 0 Å². The molecule has 0 saturated heterocycles. The van der Waals surface area contributed by atoms with E-state index in [-0.39, 0.29) is 0 Å². The van der Waals surface area contributed by atoms with Crippen LogP contribution in [-0.4, -0.2) is 6.71 Å². The van der Waals surface area contributed by atoms with Crippen molar-refractivity contribution in [3.8, 4) is 0 Å². The highest BCUT2D eigenvalue weighted by atomic mass is 13.2. The van der Waals surface area contributed by atoms with E-state index in [4.69, 9.17) is 0 Å². The molecule has 0 unspecified atom stereocenters. The van der Waals surface area contributed by atoms with Crippen LogP contribution in [-0.2, 0) is 0 Å². The molecule has 0 aliphatic carbocycles. The van der Waals surface area contributed by atoms with Gasteiger partial charge >= 0.3 is 0 Å². The second kappa shape index (κ2) is 1.39. The van der Waals surface area contributed by atoms with Gasteiger partial charge in [0, 0.05) is 0 Å². The standard InChI is InChI=1S/C3H3B/c1-4(2)3/h1-3H. The van der Waals surface area contributed by atoms with Crippen LogP contribution in [0.1, 0.15) is 0 Å². The van der Waals surface area contributed by atoms with Gasteiger partial charge in [-0.3, -0.25) is 0 Å². The molecular formula is C3H3B. The molecule has 0 bridgehead atoms. The molecule has 4 heavy (non-hydrogen) atoms. The predicted molar refractivity (Wildman–Crippen MR) is 18.7 cm³/mol. The zero-order valence-electron chi connectivity index (χ0n) is 2.31. The topological polar surface area (TPSA) is 0 Å². The van der Waals surface area contributed by atoms with Crippen molar-refractivity contribution in [3.63, 3.8) is 0 Å². The minimum Gasteiger partial charge on any atom is -0.0698 e. The van der Waals surface area contributed by atoms with Crippen LogP contribution in [0.2, 0.25) is 0 Å².